The van der Waals surface area contributed by atoms with Crippen LogP contribution >= 0.6 is 0 Å². The maximum absolute atomic E-state index is 11.8. The molecule has 0 atom stereocenters. The molecule has 4 N–H and O–H groups in total. The first-order valence-electron chi connectivity index (χ1n) is 6.52. The highest BCUT2D eigenvalue weighted by molar-refractivity contribution is 6.01. The molecule has 1 fully saturated rings. The number of piperidine rings is 1. The van der Waals surface area contributed by atoms with Gasteiger partial charge in [-0.1, -0.05) is 6.42 Å². The Hall–Kier alpha value is -1.89. The van der Waals surface area contributed by atoms with Crippen LogP contribution in [-0.2, 0) is 4.79 Å². The number of nitrogens with two attached hydrogens (primary N) is 1. The van der Waals surface area contributed by atoms with Gasteiger partial charge in [-0.3, -0.25) is 14.7 Å². The topological polar surface area (TPSA) is 104 Å². The van der Waals surface area contributed by atoms with E-state index in [1.54, 1.807) is 0 Å². The third kappa shape index (κ3) is 3.78. The zero-order valence-electron chi connectivity index (χ0n) is 10.8. The zero-order chi connectivity index (χ0) is 13.7. The van der Waals surface area contributed by atoms with Gasteiger partial charge in [0, 0.05) is 13.0 Å². The van der Waals surface area contributed by atoms with Crippen LogP contribution in [0.4, 0.5) is 5.69 Å². The number of primary amides is 1. The molecule has 0 aromatic carbocycles. The van der Waals surface area contributed by atoms with E-state index in [1.165, 1.54) is 25.5 Å². The quantitative estimate of drug-likeness (QED) is 0.713. The fraction of sp³-hybridized carbons (Fsp3) is 0.583. The summed E-state index contributed by atoms with van der Waals surface area (Å²) in [7, 11) is 0. The van der Waals surface area contributed by atoms with Gasteiger partial charge in [-0.05, 0) is 25.9 Å². The Morgan fingerprint density at radius 2 is 2.11 bits per heavy atom. The summed E-state index contributed by atoms with van der Waals surface area (Å²) in [5.74, 6) is -0.765. The highest BCUT2D eigenvalue weighted by atomic mass is 16.2. The normalized spacial score (nSPS) is 16.2. The second-order valence-electron chi connectivity index (χ2n) is 4.72. The van der Waals surface area contributed by atoms with Crippen LogP contribution < -0.4 is 11.1 Å². The number of likely N-dealkylation sites (tertiary alicyclic amines) is 1. The molecule has 0 bridgehead atoms. The minimum Gasteiger partial charge on any atom is -0.364 e. The summed E-state index contributed by atoms with van der Waals surface area (Å²) in [6, 6.07) is 0. The number of hydrogen-bond donors (Lipinski definition) is 3. The standard InChI is InChI=1S/C12H19N5O2/c13-12(19)11-9(8-14-16-11)15-10(18)4-7-17-5-2-1-3-6-17/h8H,1-7H2,(H2,13,19)(H,14,16)(H,15,18). The lowest BCUT2D eigenvalue weighted by Gasteiger charge is -2.25. The molecule has 1 saturated heterocycles. The van der Waals surface area contributed by atoms with Crippen molar-refractivity contribution in [2.24, 2.45) is 5.73 Å². The molecule has 0 saturated carbocycles. The molecule has 0 unspecified atom stereocenters. The Labute approximate surface area is 111 Å². The van der Waals surface area contributed by atoms with E-state index in [1.807, 2.05) is 0 Å². The first kappa shape index (κ1) is 13.5. The summed E-state index contributed by atoms with van der Waals surface area (Å²) in [5.41, 5.74) is 5.63. The third-order valence-corrected chi connectivity index (χ3v) is 3.26. The monoisotopic (exact) mass is 265 g/mol. The van der Waals surface area contributed by atoms with Crippen molar-refractivity contribution >= 4 is 17.5 Å². The van der Waals surface area contributed by atoms with Crippen LogP contribution in [-0.4, -0.2) is 46.5 Å². The van der Waals surface area contributed by atoms with Gasteiger partial charge in [0.1, 0.15) is 5.69 Å². The summed E-state index contributed by atoms with van der Waals surface area (Å²) in [6.07, 6.45) is 5.48. The number of aromatic amines is 1. The fourth-order valence-electron chi connectivity index (χ4n) is 2.22. The number of anilines is 1. The minimum atomic E-state index is -0.635. The van der Waals surface area contributed by atoms with Crippen LogP contribution in [0, 0.1) is 0 Å². The van der Waals surface area contributed by atoms with Crippen molar-refractivity contribution < 1.29 is 9.59 Å². The van der Waals surface area contributed by atoms with E-state index in [0.29, 0.717) is 12.1 Å². The predicted octanol–water partition coefficient (Wildman–Crippen LogP) is 0.323. The van der Waals surface area contributed by atoms with Crippen molar-refractivity contribution in [2.45, 2.75) is 25.7 Å². The third-order valence-electron chi connectivity index (χ3n) is 3.26. The van der Waals surface area contributed by atoms with Gasteiger partial charge in [-0.25, -0.2) is 0 Å². The molecule has 0 spiro atoms. The lowest BCUT2D eigenvalue weighted by atomic mass is 10.1. The molecule has 7 heteroatoms. The van der Waals surface area contributed by atoms with Crippen molar-refractivity contribution in [1.82, 2.24) is 15.1 Å². The summed E-state index contributed by atoms with van der Waals surface area (Å²) in [5, 5.41) is 8.81. The number of nitrogens with zero attached hydrogens (tertiary/aromatic N) is 2. The van der Waals surface area contributed by atoms with E-state index < -0.39 is 5.91 Å². The van der Waals surface area contributed by atoms with Gasteiger partial charge in [-0.15, -0.1) is 0 Å². The zero-order valence-corrected chi connectivity index (χ0v) is 10.8. The van der Waals surface area contributed by atoms with Crippen molar-refractivity contribution in [3.05, 3.63) is 11.9 Å². The molecule has 104 valence electrons. The SMILES string of the molecule is NC(=O)c1[nH]ncc1NC(=O)CCN1CCCCC1. The average molecular weight is 265 g/mol. The summed E-state index contributed by atoms with van der Waals surface area (Å²) >= 11 is 0. The molecule has 1 aromatic rings. The molecule has 19 heavy (non-hydrogen) atoms. The van der Waals surface area contributed by atoms with Crippen LogP contribution in [0.25, 0.3) is 0 Å². The first-order chi connectivity index (χ1) is 9.16. The van der Waals surface area contributed by atoms with Crippen LogP contribution in [0.3, 0.4) is 0 Å². The molecule has 1 aromatic heterocycles. The van der Waals surface area contributed by atoms with Gasteiger partial charge in [0.25, 0.3) is 5.91 Å². The Morgan fingerprint density at radius 1 is 1.37 bits per heavy atom. The largest absolute Gasteiger partial charge is 0.364 e. The van der Waals surface area contributed by atoms with E-state index in [4.69, 9.17) is 5.73 Å². The maximum Gasteiger partial charge on any atom is 0.268 e. The summed E-state index contributed by atoms with van der Waals surface area (Å²) < 4.78 is 0. The number of aromatic nitrogens is 2. The van der Waals surface area contributed by atoms with Crippen LogP contribution in [0.5, 0.6) is 0 Å². The van der Waals surface area contributed by atoms with Crippen LogP contribution in [0.1, 0.15) is 36.2 Å². The van der Waals surface area contributed by atoms with Crippen molar-refractivity contribution in [2.75, 3.05) is 25.0 Å². The number of rotatable bonds is 5. The number of H-pyrrole nitrogens is 1. The van der Waals surface area contributed by atoms with Crippen molar-refractivity contribution in [3.63, 3.8) is 0 Å². The molecule has 2 amide bonds. The van der Waals surface area contributed by atoms with Crippen molar-refractivity contribution in [1.29, 1.82) is 0 Å². The van der Waals surface area contributed by atoms with E-state index >= 15 is 0 Å². The van der Waals surface area contributed by atoms with Crippen LogP contribution in [0.15, 0.2) is 6.20 Å². The Morgan fingerprint density at radius 3 is 2.79 bits per heavy atom. The smallest absolute Gasteiger partial charge is 0.268 e. The van der Waals surface area contributed by atoms with E-state index in [-0.39, 0.29) is 11.6 Å². The summed E-state index contributed by atoms with van der Waals surface area (Å²) in [4.78, 5) is 25.1. The molecule has 1 aliphatic heterocycles. The predicted molar refractivity (Wildman–Crippen MR) is 70.6 cm³/mol. The average Bonchev–Trinajstić information content (AvgIpc) is 2.86. The van der Waals surface area contributed by atoms with Gasteiger partial charge in [0.2, 0.25) is 5.91 Å². The molecular formula is C12H19N5O2. The number of carbonyl (C=O) groups excluding carboxylic acids is 2. The fourth-order valence-corrected chi connectivity index (χ4v) is 2.22. The minimum absolute atomic E-state index is 0.130. The summed E-state index contributed by atoms with van der Waals surface area (Å²) in [6.45, 7) is 2.87. The van der Waals surface area contributed by atoms with E-state index in [2.05, 4.69) is 20.4 Å². The van der Waals surface area contributed by atoms with Crippen LogP contribution in [0.2, 0.25) is 0 Å². The highest BCUT2D eigenvalue weighted by Gasteiger charge is 2.15. The number of hydrogen-bond acceptors (Lipinski definition) is 4. The first-order valence-corrected chi connectivity index (χ1v) is 6.52. The Bertz CT molecular complexity index is 451. The maximum atomic E-state index is 11.8. The highest BCUT2D eigenvalue weighted by Crippen LogP contribution is 2.12. The van der Waals surface area contributed by atoms with Crippen molar-refractivity contribution in [3.8, 4) is 0 Å². The second kappa shape index (κ2) is 6.33. The number of nitrogens with one attached hydrogen (secondary N) is 2. The van der Waals surface area contributed by atoms with Gasteiger partial charge in [0.15, 0.2) is 0 Å². The van der Waals surface area contributed by atoms with E-state index in [0.717, 1.165) is 19.6 Å². The molecule has 7 nitrogen and oxygen atoms in total. The van der Waals surface area contributed by atoms with Gasteiger partial charge < -0.3 is 16.0 Å². The molecule has 0 aliphatic carbocycles. The lowest BCUT2D eigenvalue weighted by molar-refractivity contribution is -0.116. The van der Waals surface area contributed by atoms with Gasteiger partial charge in [0.05, 0.1) is 11.9 Å². The van der Waals surface area contributed by atoms with Gasteiger partial charge >= 0.3 is 0 Å². The molecule has 0 radical (unpaired) electrons. The molecular weight excluding hydrogens is 246 g/mol. The molecule has 2 rings (SSSR count). The molecule has 1 aliphatic rings. The Kier molecular flexibility index (Phi) is 4.51. The molecule has 2 heterocycles. The second-order valence-corrected chi connectivity index (χ2v) is 4.72. The van der Waals surface area contributed by atoms with Gasteiger partial charge in [-0.2, -0.15) is 5.10 Å². The number of carbonyl (C=O) groups is 2. The Balaban J connectivity index is 1.80. The number of amides is 2. The van der Waals surface area contributed by atoms with E-state index in [9.17, 15) is 9.59 Å². The lowest BCUT2D eigenvalue weighted by Crippen LogP contribution is -2.32.